The smallest absolute Gasteiger partial charge is 0.319 e. The van der Waals surface area contributed by atoms with Gasteiger partial charge in [-0.25, -0.2) is 0 Å². The molecule has 0 fully saturated rings. The number of nitriles is 1. The number of rotatable bonds is 3. The molecule has 8 nitrogen and oxygen atoms in total. The number of nitrogens with zero attached hydrogens (tertiary/aromatic N) is 4. The van der Waals surface area contributed by atoms with Crippen LogP contribution in [0.1, 0.15) is 21.7 Å². The van der Waals surface area contributed by atoms with Crippen LogP contribution in [0.4, 0.5) is 24.5 Å². The molecular weight excluding hydrogens is 331 g/mol. The fourth-order valence-electron chi connectivity index (χ4n) is 1.85. The molecule has 2 aromatic rings. The summed E-state index contributed by atoms with van der Waals surface area (Å²) in [6.45, 7) is 0. The number of anilines is 1. The van der Waals surface area contributed by atoms with Gasteiger partial charge in [0.2, 0.25) is 0 Å². The number of aryl methyl sites for hydroxylation is 1. The molecule has 0 bridgehead atoms. The van der Waals surface area contributed by atoms with Gasteiger partial charge in [-0.15, -0.1) is 0 Å². The molecule has 24 heavy (non-hydrogen) atoms. The molecule has 0 aliphatic heterocycles. The van der Waals surface area contributed by atoms with Crippen LogP contribution in [-0.2, 0) is 13.2 Å². The van der Waals surface area contributed by atoms with Crippen LogP contribution in [-0.4, -0.2) is 20.6 Å². The summed E-state index contributed by atoms with van der Waals surface area (Å²) in [5, 5.41) is 25.1. The number of hydrogen-bond acceptors (Lipinski definition) is 5. The molecule has 0 saturated carbocycles. The lowest BCUT2D eigenvalue weighted by Crippen LogP contribution is -2.16. The Bertz CT molecular complexity index is 867. The maximum absolute atomic E-state index is 12.6. The van der Waals surface area contributed by atoms with Crippen molar-refractivity contribution in [2.75, 3.05) is 5.32 Å². The van der Waals surface area contributed by atoms with Gasteiger partial charge < -0.3 is 5.32 Å². The van der Waals surface area contributed by atoms with E-state index < -0.39 is 22.7 Å². The van der Waals surface area contributed by atoms with Gasteiger partial charge in [-0.2, -0.15) is 23.5 Å². The van der Waals surface area contributed by atoms with Crippen molar-refractivity contribution in [1.82, 2.24) is 9.78 Å². The van der Waals surface area contributed by atoms with Gasteiger partial charge in [-0.1, -0.05) is 0 Å². The Kier molecular flexibility index (Phi) is 4.23. The van der Waals surface area contributed by atoms with Crippen molar-refractivity contribution < 1.29 is 22.9 Å². The van der Waals surface area contributed by atoms with Gasteiger partial charge in [-0.3, -0.25) is 19.6 Å². The predicted octanol–water partition coefficient (Wildman–Crippen LogP) is 2.47. The zero-order chi connectivity index (χ0) is 18.1. The molecule has 1 N–H and O–H groups in total. The minimum Gasteiger partial charge on any atom is -0.319 e. The summed E-state index contributed by atoms with van der Waals surface area (Å²) in [7, 11) is 1.16. The molecule has 0 aliphatic carbocycles. The number of non-ortho nitro benzene ring substituents is 1. The largest absolute Gasteiger partial charge is 0.435 e. The van der Waals surface area contributed by atoms with Crippen LogP contribution in [0.25, 0.3) is 0 Å². The van der Waals surface area contributed by atoms with Crippen molar-refractivity contribution in [3.63, 3.8) is 0 Å². The minimum atomic E-state index is -4.71. The Balaban J connectivity index is 2.32. The number of halogens is 3. The summed E-state index contributed by atoms with van der Waals surface area (Å²) < 4.78 is 38.5. The Morgan fingerprint density at radius 1 is 1.42 bits per heavy atom. The van der Waals surface area contributed by atoms with Crippen LogP contribution in [0, 0.1) is 21.4 Å². The van der Waals surface area contributed by atoms with Crippen LogP contribution in [0.2, 0.25) is 0 Å². The van der Waals surface area contributed by atoms with Crippen LogP contribution in [0.5, 0.6) is 0 Å². The van der Waals surface area contributed by atoms with Crippen molar-refractivity contribution in [2.45, 2.75) is 6.18 Å². The molecule has 0 saturated heterocycles. The lowest BCUT2D eigenvalue weighted by molar-refractivity contribution is -0.384. The fourth-order valence-corrected chi connectivity index (χ4v) is 1.85. The molecule has 124 valence electrons. The van der Waals surface area contributed by atoms with Crippen molar-refractivity contribution in [2.24, 2.45) is 7.05 Å². The SMILES string of the molecule is Cn1nc(C(F)(F)F)cc1C(=O)Nc1ccc([N+](=O)[O-])cc1C#N. The van der Waals surface area contributed by atoms with Gasteiger partial charge in [0.25, 0.3) is 11.6 Å². The van der Waals surface area contributed by atoms with E-state index in [-0.39, 0.29) is 22.6 Å². The first-order chi connectivity index (χ1) is 11.1. The topological polar surface area (TPSA) is 114 Å². The highest BCUT2D eigenvalue weighted by atomic mass is 19.4. The van der Waals surface area contributed by atoms with Crippen molar-refractivity contribution in [1.29, 1.82) is 5.26 Å². The molecule has 0 aliphatic rings. The van der Waals surface area contributed by atoms with Crippen molar-refractivity contribution >= 4 is 17.3 Å². The van der Waals surface area contributed by atoms with Crippen LogP contribution in [0.15, 0.2) is 24.3 Å². The van der Waals surface area contributed by atoms with E-state index in [4.69, 9.17) is 5.26 Å². The Morgan fingerprint density at radius 3 is 2.58 bits per heavy atom. The molecule has 1 heterocycles. The van der Waals surface area contributed by atoms with E-state index in [9.17, 15) is 28.1 Å². The van der Waals surface area contributed by atoms with E-state index in [1.54, 1.807) is 6.07 Å². The molecular formula is C13H8F3N5O3. The first-order valence-corrected chi connectivity index (χ1v) is 6.24. The quantitative estimate of drug-likeness (QED) is 0.681. The van der Waals surface area contributed by atoms with Crippen LogP contribution < -0.4 is 5.32 Å². The third-order valence-corrected chi connectivity index (χ3v) is 2.99. The van der Waals surface area contributed by atoms with Gasteiger partial charge in [-0.05, 0) is 6.07 Å². The number of hydrogen-bond donors (Lipinski definition) is 1. The highest BCUT2D eigenvalue weighted by Gasteiger charge is 2.35. The third kappa shape index (κ3) is 3.32. The summed E-state index contributed by atoms with van der Waals surface area (Å²) in [6.07, 6.45) is -4.71. The van der Waals surface area contributed by atoms with E-state index in [0.717, 1.165) is 29.9 Å². The summed E-state index contributed by atoms with van der Waals surface area (Å²) >= 11 is 0. The Hall–Kier alpha value is -3.42. The van der Waals surface area contributed by atoms with Crippen molar-refractivity contribution in [3.8, 4) is 6.07 Å². The van der Waals surface area contributed by atoms with Crippen LogP contribution in [0.3, 0.4) is 0 Å². The number of alkyl halides is 3. The molecule has 0 unspecified atom stereocenters. The second-order valence-electron chi connectivity index (χ2n) is 4.59. The fraction of sp³-hybridized carbons (Fsp3) is 0.154. The van der Waals surface area contributed by atoms with Crippen molar-refractivity contribution in [3.05, 3.63) is 51.3 Å². The average molecular weight is 339 g/mol. The number of nitro benzene ring substituents is 1. The Morgan fingerprint density at radius 2 is 2.08 bits per heavy atom. The number of nitrogens with one attached hydrogen (secondary N) is 1. The zero-order valence-corrected chi connectivity index (χ0v) is 12.0. The van der Waals surface area contributed by atoms with E-state index in [0.29, 0.717) is 6.07 Å². The molecule has 2 rings (SSSR count). The van der Waals surface area contributed by atoms with Gasteiger partial charge >= 0.3 is 6.18 Å². The van der Waals surface area contributed by atoms with Gasteiger partial charge in [0.15, 0.2) is 5.69 Å². The van der Waals surface area contributed by atoms with E-state index in [1.165, 1.54) is 0 Å². The molecule has 1 aromatic carbocycles. The second kappa shape index (κ2) is 5.99. The maximum Gasteiger partial charge on any atom is 0.435 e. The van der Waals surface area contributed by atoms with Gasteiger partial charge in [0.05, 0.1) is 16.2 Å². The molecule has 1 amide bonds. The van der Waals surface area contributed by atoms with Crippen LogP contribution >= 0.6 is 0 Å². The van der Waals surface area contributed by atoms with Gasteiger partial charge in [0.1, 0.15) is 11.8 Å². The lowest BCUT2D eigenvalue weighted by Gasteiger charge is -2.06. The summed E-state index contributed by atoms with van der Waals surface area (Å²) in [5.41, 5.74) is -2.24. The number of carbonyl (C=O) groups is 1. The minimum absolute atomic E-state index is 0.0668. The number of aromatic nitrogens is 2. The second-order valence-corrected chi connectivity index (χ2v) is 4.59. The molecule has 0 spiro atoms. The summed E-state index contributed by atoms with van der Waals surface area (Å²) in [5.74, 6) is -0.939. The third-order valence-electron chi connectivity index (χ3n) is 2.99. The normalized spacial score (nSPS) is 11.0. The monoisotopic (exact) mass is 339 g/mol. The van der Waals surface area contributed by atoms with E-state index in [2.05, 4.69) is 10.4 Å². The first kappa shape index (κ1) is 16.9. The van der Waals surface area contributed by atoms with E-state index >= 15 is 0 Å². The molecule has 0 radical (unpaired) electrons. The maximum atomic E-state index is 12.6. The molecule has 11 heteroatoms. The number of carbonyl (C=O) groups excluding carboxylic acids is 1. The highest BCUT2D eigenvalue weighted by molar-refractivity contribution is 6.03. The standard InChI is InChI=1S/C13H8F3N5O3/c1-20-10(5-11(19-20)13(14,15)16)12(22)18-9-3-2-8(21(23)24)4-7(9)6-17/h2-5H,1H3,(H,18,22). The molecule has 0 atom stereocenters. The highest BCUT2D eigenvalue weighted by Crippen LogP contribution is 2.29. The summed E-state index contributed by atoms with van der Waals surface area (Å²) in [4.78, 5) is 22.0. The number of benzene rings is 1. The number of nitro groups is 1. The molecule has 1 aromatic heterocycles. The predicted molar refractivity (Wildman–Crippen MR) is 74.0 cm³/mol. The zero-order valence-electron chi connectivity index (χ0n) is 12.0. The number of amides is 1. The Labute approximate surface area is 132 Å². The first-order valence-electron chi connectivity index (χ1n) is 6.24. The lowest BCUT2D eigenvalue weighted by atomic mass is 10.1. The summed E-state index contributed by atoms with van der Waals surface area (Å²) in [6, 6.07) is 5.35. The average Bonchev–Trinajstić information content (AvgIpc) is 2.89. The van der Waals surface area contributed by atoms with Gasteiger partial charge in [0, 0.05) is 25.2 Å². The van der Waals surface area contributed by atoms with E-state index in [1.807, 2.05) is 0 Å².